The zero-order valence-corrected chi connectivity index (χ0v) is 16.8. The summed E-state index contributed by atoms with van der Waals surface area (Å²) in [5.41, 5.74) is 1.71. The molecule has 0 bridgehead atoms. The van der Waals surface area contributed by atoms with Crippen LogP contribution in [0.15, 0.2) is 11.6 Å². The van der Waals surface area contributed by atoms with Gasteiger partial charge in [0.1, 0.15) is 5.60 Å². The van der Waals surface area contributed by atoms with Crippen molar-refractivity contribution in [3.05, 3.63) is 11.6 Å². The molecule has 0 amide bonds. The van der Waals surface area contributed by atoms with Gasteiger partial charge in [-0.1, -0.05) is 19.4 Å². The van der Waals surface area contributed by atoms with Gasteiger partial charge in [0.2, 0.25) is 0 Å². The molecule has 0 radical (unpaired) electrons. The molecule has 27 heavy (non-hydrogen) atoms. The summed E-state index contributed by atoms with van der Waals surface area (Å²) < 4.78 is 6.25. The average molecular weight is 369 g/mol. The van der Waals surface area contributed by atoms with Crippen LogP contribution in [0.25, 0.3) is 0 Å². The maximum atomic E-state index is 12.2. The lowest BCUT2D eigenvalue weighted by atomic mass is 9.45. The zero-order valence-electron chi connectivity index (χ0n) is 16.8. The molecule has 0 aromatic rings. The molecule has 5 fully saturated rings. The Morgan fingerprint density at radius 2 is 1.70 bits per heavy atom. The van der Waals surface area contributed by atoms with Gasteiger partial charge in [-0.3, -0.25) is 9.59 Å². The first kappa shape index (κ1) is 16.8. The Morgan fingerprint density at radius 1 is 0.889 bits per heavy atom. The van der Waals surface area contributed by atoms with E-state index in [1.807, 2.05) is 6.08 Å². The molecule has 6 rings (SSSR count). The molecule has 146 valence electrons. The fourth-order valence-electron chi connectivity index (χ4n) is 9.31. The van der Waals surface area contributed by atoms with Gasteiger partial charge in [-0.2, -0.15) is 0 Å². The fourth-order valence-corrected chi connectivity index (χ4v) is 9.31. The summed E-state index contributed by atoms with van der Waals surface area (Å²) in [6, 6.07) is 0. The van der Waals surface area contributed by atoms with E-state index in [-0.39, 0.29) is 22.4 Å². The van der Waals surface area contributed by atoms with Crippen LogP contribution in [-0.4, -0.2) is 17.4 Å². The van der Waals surface area contributed by atoms with E-state index in [1.165, 1.54) is 37.7 Å². The molecule has 0 aromatic carbocycles. The number of fused-ring (bicyclic) bond motifs is 9. The minimum atomic E-state index is -0.151. The molecule has 6 aliphatic rings. The molecule has 3 nitrogen and oxygen atoms in total. The third-order valence-corrected chi connectivity index (χ3v) is 10.6. The van der Waals surface area contributed by atoms with Gasteiger partial charge in [-0.25, -0.2) is 0 Å². The summed E-state index contributed by atoms with van der Waals surface area (Å²) in [5.74, 6) is 3.98. The number of ketones is 1. The molecule has 4 saturated carbocycles. The Hall–Kier alpha value is -1.12. The Morgan fingerprint density at radius 3 is 2.41 bits per heavy atom. The largest absolute Gasteiger partial charge is 0.458 e. The van der Waals surface area contributed by atoms with E-state index >= 15 is 0 Å². The first-order chi connectivity index (χ1) is 12.9. The van der Waals surface area contributed by atoms with Crippen LogP contribution in [0.5, 0.6) is 0 Å². The number of ether oxygens (including phenoxy) is 1. The van der Waals surface area contributed by atoms with Crippen molar-refractivity contribution in [3.63, 3.8) is 0 Å². The predicted octanol–water partition coefficient (Wildman–Crippen LogP) is 4.84. The maximum absolute atomic E-state index is 12.2. The van der Waals surface area contributed by atoms with Crippen LogP contribution in [0, 0.1) is 40.4 Å². The van der Waals surface area contributed by atoms with Gasteiger partial charge >= 0.3 is 5.97 Å². The SMILES string of the molecule is C[C@]12CCC(=O)C=C1CCC1C2CC[C@@]2(C)C1[C@@H]1CC[C@@H]1[C@]21CCC(=O)O1. The molecule has 8 atom stereocenters. The molecule has 0 N–H and O–H groups in total. The lowest BCUT2D eigenvalue weighted by Gasteiger charge is -2.59. The maximum Gasteiger partial charge on any atom is 0.306 e. The van der Waals surface area contributed by atoms with Crippen LogP contribution in [0.1, 0.15) is 78.1 Å². The van der Waals surface area contributed by atoms with E-state index in [1.54, 1.807) is 0 Å². The van der Waals surface area contributed by atoms with Gasteiger partial charge in [0.15, 0.2) is 5.78 Å². The molecule has 1 aliphatic heterocycles. The van der Waals surface area contributed by atoms with E-state index in [4.69, 9.17) is 4.74 Å². The summed E-state index contributed by atoms with van der Waals surface area (Å²) >= 11 is 0. The highest BCUT2D eigenvalue weighted by Gasteiger charge is 2.75. The van der Waals surface area contributed by atoms with Gasteiger partial charge in [-0.05, 0) is 86.5 Å². The first-order valence-corrected chi connectivity index (χ1v) is 11.3. The average Bonchev–Trinajstić information content (AvgIpc) is 3.05. The minimum absolute atomic E-state index is 0.0521. The van der Waals surface area contributed by atoms with Crippen molar-refractivity contribution in [2.75, 3.05) is 0 Å². The van der Waals surface area contributed by atoms with E-state index in [0.29, 0.717) is 18.1 Å². The van der Waals surface area contributed by atoms with E-state index in [9.17, 15) is 9.59 Å². The standard InChI is InChI=1S/C24H32O3/c1-22-10-7-15(25)13-14(22)3-4-16-18(22)8-11-23(2)21(16)17-5-6-19(17)24(23)12-9-20(26)27-24/h13,16-19,21H,3-12H2,1-2H3/t16?,17-,18?,19+,21?,22+,23+,24-/m1/s1. The number of carbonyl (C=O) groups is 2. The zero-order chi connectivity index (χ0) is 18.6. The molecule has 1 saturated heterocycles. The highest BCUT2D eigenvalue weighted by atomic mass is 16.6. The third kappa shape index (κ3) is 1.81. The van der Waals surface area contributed by atoms with Crippen molar-refractivity contribution < 1.29 is 14.3 Å². The van der Waals surface area contributed by atoms with E-state index < -0.39 is 0 Å². The monoisotopic (exact) mass is 368 g/mol. The van der Waals surface area contributed by atoms with Crippen molar-refractivity contribution in [2.45, 2.75) is 83.7 Å². The molecule has 3 unspecified atom stereocenters. The van der Waals surface area contributed by atoms with Gasteiger partial charge < -0.3 is 4.74 Å². The summed E-state index contributed by atoms with van der Waals surface area (Å²) in [4.78, 5) is 24.2. The van der Waals surface area contributed by atoms with Crippen LogP contribution < -0.4 is 0 Å². The number of allylic oxidation sites excluding steroid dienone is 1. The van der Waals surface area contributed by atoms with Crippen molar-refractivity contribution >= 4 is 11.8 Å². The molecule has 1 heterocycles. The number of rotatable bonds is 0. The number of esters is 1. The Bertz CT molecular complexity index is 768. The number of carbonyl (C=O) groups excluding carboxylic acids is 2. The van der Waals surface area contributed by atoms with Crippen LogP contribution in [0.4, 0.5) is 0 Å². The highest BCUT2D eigenvalue weighted by Crippen LogP contribution is 2.76. The normalized spacial score (nSPS) is 55.8. The highest BCUT2D eigenvalue weighted by molar-refractivity contribution is 5.91. The molecular formula is C24H32O3. The van der Waals surface area contributed by atoms with Crippen LogP contribution in [0.3, 0.4) is 0 Å². The minimum Gasteiger partial charge on any atom is -0.458 e. The molecule has 5 aliphatic carbocycles. The Balaban J connectivity index is 1.41. The number of hydrogen-bond donors (Lipinski definition) is 0. The van der Waals surface area contributed by atoms with Crippen LogP contribution >= 0.6 is 0 Å². The summed E-state index contributed by atoms with van der Waals surface area (Å²) in [7, 11) is 0. The van der Waals surface area contributed by atoms with Crippen molar-refractivity contribution in [1.82, 2.24) is 0 Å². The summed E-state index contributed by atoms with van der Waals surface area (Å²) in [6.45, 7) is 4.95. The molecular weight excluding hydrogens is 336 g/mol. The second-order valence-corrected chi connectivity index (χ2v) is 11.1. The topological polar surface area (TPSA) is 43.4 Å². The second-order valence-electron chi connectivity index (χ2n) is 11.1. The second kappa shape index (κ2) is 5.07. The predicted molar refractivity (Wildman–Crippen MR) is 102 cm³/mol. The van der Waals surface area contributed by atoms with Crippen molar-refractivity contribution in [3.8, 4) is 0 Å². The van der Waals surface area contributed by atoms with Crippen LogP contribution in [0.2, 0.25) is 0 Å². The quantitative estimate of drug-likeness (QED) is 0.575. The number of hydrogen-bond acceptors (Lipinski definition) is 3. The van der Waals surface area contributed by atoms with Gasteiger partial charge in [0, 0.05) is 24.2 Å². The van der Waals surface area contributed by atoms with E-state index in [2.05, 4.69) is 13.8 Å². The van der Waals surface area contributed by atoms with Crippen LogP contribution in [-0.2, 0) is 14.3 Å². The molecule has 1 spiro atoms. The first-order valence-electron chi connectivity index (χ1n) is 11.3. The fraction of sp³-hybridized carbons (Fsp3) is 0.833. The lowest BCUT2D eigenvalue weighted by Crippen LogP contribution is -2.55. The van der Waals surface area contributed by atoms with Crippen molar-refractivity contribution in [1.29, 1.82) is 0 Å². The smallest absolute Gasteiger partial charge is 0.306 e. The van der Waals surface area contributed by atoms with Gasteiger partial charge in [-0.15, -0.1) is 0 Å². The van der Waals surface area contributed by atoms with Gasteiger partial charge in [0.25, 0.3) is 0 Å². The Labute approximate surface area is 162 Å². The van der Waals surface area contributed by atoms with Gasteiger partial charge in [0.05, 0.1) is 0 Å². The Kier molecular flexibility index (Phi) is 3.16. The molecule has 3 heteroatoms. The van der Waals surface area contributed by atoms with E-state index in [0.717, 1.165) is 49.4 Å². The summed E-state index contributed by atoms with van der Waals surface area (Å²) in [6.07, 6.45) is 12.8. The summed E-state index contributed by atoms with van der Waals surface area (Å²) in [5, 5.41) is 0. The molecule has 0 aromatic heterocycles. The van der Waals surface area contributed by atoms with Crippen molar-refractivity contribution in [2.24, 2.45) is 40.4 Å². The third-order valence-electron chi connectivity index (χ3n) is 10.6. The lowest BCUT2D eigenvalue weighted by molar-refractivity contribution is -0.175.